The Morgan fingerprint density at radius 3 is 2.09 bits per heavy atom. The van der Waals surface area contributed by atoms with Gasteiger partial charge in [-0.1, -0.05) is 82.2 Å². The highest BCUT2D eigenvalue weighted by Crippen LogP contribution is 2.56. The van der Waals surface area contributed by atoms with Crippen molar-refractivity contribution in [2.24, 2.45) is 58.7 Å². The van der Waals surface area contributed by atoms with Crippen molar-refractivity contribution in [2.75, 3.05) is 0 Å². The van der Waals surface area contributed by atoms with Gasteiger partial charge in [0.15, 0.2) is 11.6 Å². The van der Waals surface area contributed by atoms with E-state index >= 15 is 0 Å². The molecule has 18 atom stereocenters. The van der Waals surface area contributed by atoms with Crippen LogP contribution in [0.5, 0.6) is 0 Å². The van der Waals surface area contributed by atoms with Crippen molar-refractivity contribution in [2.45, 2.75) is 209 Å². The van der Waals surface area contributed by atoms with E-state index in [4.69, 9.17) is 23.7 Å². The number of Topliss-reactive ketones (excluding diaryl/α,β-unsaturated/α-hetero) is 2. The van der Waals surface area contributed by atoms with Crippen LogP contribution in [0.15, 0.2) is 12.2 Å². The van der Waals surface area contributed by atoms with Gasteiger partial charge in [0, 0.05) is 36.0 Å². The lowest BCUT2D eigenvalue weighted by atomic mass is 9.70. The van der Waals surface area contributed by atoms with Gasteiger partial charge in [0.05, 0.1) is 36.1 Å². The van der Waals surface area contributed by atoms with Gasteiger partial charge < -0.3 is 23.7 Å². The molecule has 304 valence electrons. The molecule has 0 aromatic heterocycles. The van der Waals surface area contributed by atoms with E-state index in [1.165, 1.54) is 0 Å². The maximum absolute atomic E-state index is 14.7. The van der Waals surface area contributed by atoms with E-state index in [2.05, 4.69) is 102 Å². The van der Waals surface area contributed by atoms with Gasteiger partial charge in [0.2, 0.25) is 0 Å². The molecule has 4 saturated heterocycles. The monoisotopic (exact) mass is 743 g/mol. The Kier molecular flexibility index (Phi) is 13.3. The molecule has 2 spiro atoms. The number of ether oxygens (including phenoxy) is 5. The molecule has 0 saturated carbocycles. The van der Waals surface area contributed by atoms with E-state index in [0.717, 1.165) is 57.8 Å². The summed E-state index contributed by atoms with van der Waals surface area (Å²) in [5, 5.41) is 0. The van der Waals surface area contributed by atoms with Crippen molar-refractivity contribution in [3.05, 3.63) is 12.2 Å². The van der Waals surface area contributed by atoms with Crippen molar-refractivity contribution in [1.29, 1.82) is 0 Å². The lowest BCUT2D eigenvalue weighted by Crippen LogP contribution is -2.61. The van der Waals surface area contributed by atoms with Gasteiger partial charge in [-0.2, -0.15) is 0 Å². The van der Waals surface area contributed by atoms with Crippen LogP contribution in [0.25, 0.3) is 0 Å². The second-order valence-electron chi connectivity index (χ2n) is 19.5. The number of hydrogen-bond donors (Lipinski definition) is 0. The largest absolute Gasteiger partial charge is 0.374 e. The van der Waals surface area contributed by atoms with Crippen LogP contribution in [0.4, 0.5) is 0 Å². The first-order valence-corrected chi connectivity index (χ1v) is 21.9. The predicted molar refractivity (Wildman–Crippen MR) is 211 cm³/mol. The number of rotatable bonds is 12. The molecule has 5 heterocycles. The molecule has 0 aliphatic carbocycles. The molecule has 0 N–H and O–H groups in total. The van der Waals surface area contributed by atoms with Crippen molar-refractivity contribution in [3.8, 4) is 0 Å². The van der Waals surface area contributed by atoms with Crippen LogP contribution >= 0.6 is 0 Å². The molecule has 5 aliphatic heterocycles. The Hall–Kier alpha value is -1.12. The summed E-state index contributed by atoms with van der Waals surface area (Å²) in [6.07, 6.45) is 13.6. The second kappa shape index (κ2) is 16.4. The summed E-state index contributed by atoms with van der Waals surface area (Å²) in [4.78, 5) is 27.1. The third kappa shape index (κ3) is 8.05. The minimum atomic E-state index is -0.959. The summed E-state index contributed by atoms with van der Waals surface area (Å²) in [5.74, 6) is -0.692. The highest BCUT2D eigenvalue weighted by molar-refractivity contribution is 5.84. The van der Waals surface area contributed by atoms with Crippen LogP contribution in [0.3, 0.4) is 0 Å². The number of ketones is 2. The molecule has 7 heteroatoms. The fraction of sp³-hybridized carbons (Fsp3) is 0.913. The zero-order valence-corrected chi connectivity index (χ0v) is 36.2. The van der Waals surface area contributed by atoms with E-state index in [1.807, 2.05) is 0 Å². The highest BCUT2D eigenvalue weighted by atomic mass is 16.8. The summed E-state index contributed by atoms with van der Waals surface area (Å²) in [6, 6.07) is 0. The van der Waals surface area contributed by atoms with Crippen molar-refractivity contribution < 1.29 is 33.3 Å². The average molecular weight is 743 g/mol. The third-order valence-electron chi connectivity index (χ3n) is 16.1. The molecule has 3 unspecified atom stereocenters. The van der Waals surface area contributed by atoms with Crippen molar-refractivity contribution in [1.82, 2.24) is 0 Å². The van der Waals surface area contributed by atoms with Crippen LogP contribution in [0.2, 0.25) is 0 Å². The zero-order valence-electron chi connectivity index (χ0n) is 36.2. The van der Waals surface area contributed by atoms with Gasteiger partial charge in [-0.15, -0.1) is 0 Å². The molecule has 5 rings (SSSR count). The minimum Gasteiger partial charge on any atom is -0.374 e. The molecular formula is C46H78O7. The molecular weight excluding hydrogens is 664 g/mol. The molecule has 0 aromatic carbocycles. The quantitative estimate of drug-likeness (QED) is 0.184. The van der Waals surface area contributed by atoms with E-state index in [1.54, 1.807) is 6.92 Å². The molecule has 0 aromatic rings. The first kappa shape index (κ1) is 43.0. The maximum Gasteiger partial charge on any atom is 0.193 e. The van der Waals surface area contributed by atoms with E-state index in [0.29, 0.717) is 12.3 Å². The Morgan fingerprint density at radius 2 is 1.49 bits per heavy atom. The Balaban J connectivity index is 1.31. The molecule has 7 nitrogen and oxygen atoms in total. The van der Waals surface area contributed by atoms with Crippen LogP contribution in [-0.2, 0) is 33.3 Å². The van der Waals surface area contributed by atoms with Gasteiger partial charge in [0.25, 0.3) is 0 Å². The fourth-order valence-electron chi connectivity index (χ4n) is 11.2. The second-order valence-corrected chi connectivity index (χ2v) is 19.5. The normalized spacial score (nSPS) is 46.2. The number of hydrogen-bond acceptors (Lipinski definition) is 7. The SMILES string of the molecule is CCC(C(C)=O)[C@H]1CC[C@H](C)C([C@@H](C)C(C)[C@H](C)C(=O)[C@H](CC)[C@H]2O[C@]3(C=C[C@@H](C)[C@]4(CC[C@@](C)([C@H]5CC[C@](C)(CC)[C@H](C)O5)O4)O3)[C@H](C)C[C@@H]2C)O1. The fourth-order valence-corrected chi connectivity index (χ4v) is 11.2. The van der Waals surface area contributed by atoms with Gasteiger partial charge in [-0.25, -0.2) is 0 Å². The smallest absolute Gasteiger partial charge is 0.193 e. The Bertz CT molecular complexity index is 1310. The maximum atomic E-state index is 14.7. The molecule has 53 heavy (non-hydrogen) atoms. The number of carbonyl (C=O) groups excluding carboxylic acids is 2. The topological polar surface area (TPSA) is 80.3 Å². The van der Waals surface area contributed by atoms with Crippen LogP contribution in [0, 0.1) is 58.7 Å². The van der Waals surface area contributed by atoms with Gasteiger partial charge in [0.1, 0.15) is 11.6 Å². The van der Waals surface area contributed by atoms with Crippen LogP contribution in [-0.4, -0.2) is 59.3 Å². The van der Waals surface area contributed by atoms with Gasteiger partial charge in [-0.3, -0.25) is 9.59 Å². The van der Waals surface area contributed by atoms with Crippen molar-refractivity contribution in [3.63, 3.8) is 0 Å². The molecule has 0 amide bonds. The summed E-state index contributed by atoms with van der Waals surface area (Å²) in [7, 11) is 0. The van der Waals surface area contributed by atoms with Crippen LogP contribution < -0.4 is 0 Å². The lowest BCUT2D eigenvalue weighted by Gasteiger charge is -2.55. The first-order chi connectivity index (χ1) is 24.8. The average Bonchev–Trinajstić information content (AvgIpc) is 3.47. The van der Waals surface area contributed by atoms with Crippen molar-refractivity contribution >= 4 is 11.6 Å². The number of carbonyl (C=O) groups is 2. The lowest BCUT2D eigenvalue weighted by molar-refractivity contribution is -0.403. The van der Waals surface area contributed by atoms with E-state index in [9.17, 15) is 9.59 Å². The molecule has 0 bridgehead atoms. The Labute approximate surface area is 323 Å². The highest BCUT2D eigenvalue weighted by Gasteiger charge is 2.62. The van der Waals surface area contributed by atoms with Gasteiger partial charge in [-0.05, 0) is 114 Å². The molecule has 4 fully saturated rings. The molecule has 5 aliphatic rings. The summed E-state index contributed by atoms with van der Waals surface area (Å²) >= 11 is 0. The third-order valence-corrected chi connectivity index (χ3v) is 16.1. The summed E-state index contributed by atoms with van der Waals surface area (Å²) in [5.41, 5.74) is -0.246. The van der Waals surface area contributed by atoms with Gasteiger partial charge >= 0.3 is 0 Å². The first-order valence-electron chi connectivity index (χ1n) is 21.9. The minimum absolute atomic E-state index is 0.0229. The van der Waals surface area contributed by atoms with E-state index in [-0.39, 0.29) is 94.8 Å². The summed E-state index contributed by atoms with van der Waals surface area (Å²) in [6.45, 7) is 30.5. The zero-order chi connectivity index (χ0) is 39.3. The standard InChI is InChI=1S/C46H78O7/c1-15-36(34(11)47)38-19-18-27(4)41(50-38)33(10)31(8)32(9)40(48)37(16-2)42-28(5)26-30(7)45(51-42)23-20-29(6)46(53-45)25-24-44(14,52-46)39-21-22-43(13,17-3)35(12)49-39/h20,23,27-33,35-39,41-42H,15-19,21-22,24-26H2,1-14H3/t27-,28-,29+,30+,31?,32-,33-,35-,36?,37-,38+,39+,41?,42-,43-,44-,45-,46-/m0/s1. The van der Waals surface area contributed by atoms with E-state index < -0.39 is 17.2 Å². The summed E-state index contributed by atoms with van der Waals surface area (Å²) < 4.78 is 35.2. The Morgan fingerprint density at radius 1 is 0.811 bits per heavy atom. The molecule has 0 radical (unpaired) electrons. The van der Waals surface area contributed by atoms with Crippen LogP contribution in [0.1, 0.15) is 161 Å². The predicted octanol–water partition coefficient (Wildman–Crippen LogP) is 10.5.